The van der Waals surface area contributed by atoms with Crippen molar-refractivity contribution in [2.75, 3.05) is 25.0 Å². The van der Waals surface area contributed by atoms with E-state index in [0.29, 0.717) is 49.1 Å². The topological polar surface area (TPSA) is 114 Å². The van der Waals surface area contributed by atoms with Crippen LogP contribution in [0, 0.1) is 12.3 Å². The van der Waals surface area contributed by atoms with Crippen LogP contribution in [0.5, 0.6) is 11.5 Å². The molecule has 0 radical (unpaired) electrons. The minimum Gasteiger partial charge on any atom is -0.455 e. The van der Waals surface area contributed by atoms with E-state index in [-0.39, 0.29) is 5.91 Å². The summed E-state index contributed by atoms with van der Waals surface area (Å²) in [5.74, 6) is 1.42. The van der Waals surface area contributed by atoms with E-state index < -0.39 is 11.4 Å². The lowest BCUT2D eigenvalue weighted by Crippen LogP contribution is -2.58. The summed E-state index contributed by atoms with van der Waals surface area (Å²) in [6.45, 7) is 3.49. The Morgan fingerprint density at radius 1 is 1.28 bits per heavy atom. The van der Waals surface area contributed by atoms with Crippen LogP contribution in [0.1, 0.15) is 12.1 Å². The van der Waals surface area contributed by atoms with E-state index in [0.717, 1.165) is 11.3 Å². The van der Waals surface area contributed by atoms with Gasteiger partial charge in [-0.05, 0) is 31.5 Å². The highest BCUT2D eigenvalue weighted by molar-refractivity contribution is 6.04. The highest BCUT2D eigenvalue weighted by atomic mass is 16.5. The first-order valence-electron chi connectivity index (χ1n) is 10.4. The maximum Gasteiger partial charge on any atom is 0.329 e. The molecule has 3 aromatic rings. The lowest BCUT2D eigenvalue weighted by Gasteiger charge is -2.36. The predicted molar refractivity (Wildman–Crippen MR) is 116 cm³/mol. The van der Waals surface area contributed by atoms with Crippen LogP contribution in [0.15, 0.2) is 42.9 Å². The van der Waals surface area contributed by atoms with Gasteiger partial charge in [0.1, 0.15) is 17.3 Å². The van der Waals surface area contributed by atoms with Gasteiger partial charge >= 0.3 is 6.03 Å². The third kappa shape index (κ3) is 3.58. The summed E-state index contributed by atoms with van der Waals surface area (Å²) < 4.78 is 7.70. The Morgan fingerprint density at radius 2 is 2.12 bits per heavy atom. The highest BCUT2D eigenvalue weighted by Crippen LogP contribution is 2.36. The zero-order valence-electron chi connectivity index (χ0n) is 17.8. The van der Waals surface area contributed by atoms with E-state index in [1.807, 2.05) is 19.3 Å². The van der Waals surface area contributed by atoms with Crippen LogP contribution in [0.3, 0.4) is 0 Å². The molecule has 3 aromatic heterocycles. The van der Waals surface area contributed by atoms with Crippen molar-refractivity contribution in [3.05, 3.63) is 48.5 Å². The molecule has 0 unspecified atom stereocenters. The second-order valence-corrected chi connectivity index (χ2v) is 8.18. The van der Waals surface area contributed by atoms with Crippen LogP contribution in [-0.2, 0) is 11.8 Å². The molecule has 0 bridgehead atoms. The van der Waals surface area contributed by atoms with Crippen LogP contribution in [-0.4, -0.2) is 56.2 Å². The first kappa shape index (κ1) is 20.1. The van der Waals surface area contributed by atoms with Crippen LogP contribution in [0.25, 0.3) is 11.3 Å². The monoisotopic (exact) mass is 433 g/mol. The molecule has 0 aromatic carbocycles. The van der Waals surface area contributed by atoms with Gasteiger partial charge in [-0.25, -0.2) is 9.78 Å². The number of imide groups is 1. The van der Waals surface area contributed by atoms with Gasteiger partial charge in [0.05, 0.1) is 23.0 Å². The van der Waals surface area contributed by atoms with Crippen molar-refractivity contribution in [1.29, 1.82) is 0 Å². The molecule has 2 aliphatic rings. The number of aromatic nitrogens is 4. The fraction of sp³-hybridized carbons (Fsp3) is 0.318. The molecule has 2 saturated heterocycles. The van der Waals surface area contributed by atoms with Gasteiger partial charge in [-0.1, -0.05) is 0 Å². The van der Waals surface area contributed by atoms with E-state index in [1.54, 1.807) is 42.2 Å². The molecule has 10 nitrogen and oxygen atoms in total. The second-order valence-electron chi connectivity index (χ2n) is 8.18. The van der Waals surface area contributed by atoms with Gasteiger partial charge in [-0.2, -0.15) is 5.10 Å². The largest absolute Gasteiger partial charge is 0.455 e. The van der Waals surface area contributed by atoms with E-state index in [1.165, 1.54) is 4.90 Å². The predicted octanol–water partition coefficient (Wildman–Crippen LogP) is 2.33. The molecule has 5 heterocycles. The average molecular weight is 433 g/mol. The Morgan fingerprint density at radius 3 is 2.78 bits per heavy atom. The third-order valence-electron chi connectivity index (χ3n) is 5.92. The van der Waals surface area contributed by atoms with E-state index in [4.69, 9.17) is 4.74 Å². The summed E-state index contributed by atoms with van der Waals surface area (Å²) in [7, 11) is 1.85. The number of rotatable bonds is 4. The zero-order chi connectivity index (χ0) is 22.3. The normalized spacial score (nSPS) is 16.8. The van der Waals surface area contributed by atoms with Gasteiger partial charge in [-0.15, -0.1) is 0 Å². The van der Waals surface area contributed by atoms with Crippen molar-refractivity contribution in [1.82, 2.24) is 30.0 Å². The molecule has 0 aliphatic carbocycles. The molecule has 2 fully saturated rings. The van der Waals surface area contributed by atoms with Crippen LogP contribution in [0.4, 0.5) is 10.6 Å². The van der Waals surface area contributed by atoms with E-state index in [9.17, 15) is 9.59 Å². The first-order chi connectivity index (χ1) is 15.4. The van der Waals surface area contributed by atoms with Crippen molar-refractivity contribution in [3.63, 3.8) is 0 Å². The maximum absolute atomic E-state index is 12.6. The van der Waals surface area contributed by atoms with Crippen molar-refractivity contribution in [3.8, 4) is 22.8 Å². The number of ether oxygens (including phenoxy) is 1. The minimum absolute atomic E-state index is 0.118. The molecule has 0 saturated carbocycles. The van der Waals surface area contributed by atoms with Gasteiger partial charge in [0.15, 0.2) is 0 Å². The van der Waals surface area contributed by atoms with Crippen molar-refractivity contribution < 1.29 is 14.3 Å². The van der Waals surface area contributed by atoms with Gasteiger partial charge in [-0.3, -0.25) is 24.7 Å². The molecule has 2 N–H and O–H groups in total. The van der Waals surface area contributed by atoms with Crippen molar-refractivity contribution in [2.45, 2.75) is 13.3 Å². The Balaban J connectivity index is 1.27. The smallest absolute Gasteiger partial charge is 0.329 e. The van der Waals surface area contributed by atoms with E-state index in [2.05, 4.69) is 25.7 Å². The number of amides is 3. The Hall–Kier alpha value is -3.79. The number of nitrogens with one attached hydrogen (secondary N) is 2. The standard InChI is InChI=1S/C22H23N7O3/c1-14-18(32-16-5-7-24-17(9-16)15-10-25-28(2)11-15)3-4-19(26-14)27-21(31)29-8-6-22(20(29)30)12-23-13-22/h3-5,7,9-11,23H,6,8,12-13H2,1-2H3,(H,26,27,31). The molecule has 164 valence electrons. The van der Waals surface area contributed by atoms with Crippen molar-refractivity contribution >= 4 is 17.8 Å². The van der Waals surface area contributed by atoms with Gasteiger partial charge < -0.3 is 10.1 Å². The number of likely N-dealkylation sites (tertiary alicyclic amines) is 1. The van der Waals surface area contributed by atoms with Gasteiger partial charge in [0, 0.05) is 50.7 Å². The Labute approximate surface area is 184 Å². The first-order valence-corrected chi connectivity index (χ1v) is 10.4. The minimum atomic E-state index is -0.449. The highest BCUT2D eigenvalue weighted by Gasteiger charge is 2.52. The number of nitrogens with zero attached hydrogens (tertiary/aromatic N) is 5. The van der Waals surface area contributed by atoms with Crippen molar-refractivity contribution in [2.24, 2.45) is 12.5 Å². The summed E-state index contributed by atoms with van der Waals surface area (Å²) in [6.07, 6.45) is 5.99. The maximum atomic E-state index is 12.6. The molecule has 2 aliphatic heterocycles. The molecular weight excluding hydrogens is 410 g/mol. The molecule has 0 atom stereocenters. The Bertz CT molecular complexity index is 1200. The Kier molecular flexibility index (Phi) is 4.86. The number of hydrogen-bond acceptors (Lipinski definition) is 7. The molecule has 32 heavy (non-hydrogen) atoms. The lowest BCUT2D eigenvalue weighted by atomic mass is 9.80. The molecule has 5 rings (SSSR count). The average Bonchev–Trinajstić information content (AvgIpc) is 3.33. The van der Waals surface area contributed by atoms with Crippen LogP contribution < -0.4 is 15.4 Å². The summed E-state index contributed by atoms with van der Waals surface area (Å²) >= 11 is 0. The fourth-order valence-corrected chi connectivity index (χ4v) is 3.98. The SMILES string of the molecule is Cc1nc(NC(=O)N2CCC3(CNC3)C2=O)ccc1Oc1ccnc(-c2cnn(C)c2)c1. The van der Waals surface area contributed by atoms with Gasteiger partial charge in [0.25, 0.3) is 0 Å². The number of hydrogen-bond donors (Lipinski definition) is 2. The molecule has 10 heteroatoms. The van der Waals surface area contributed by atoms with E-state index >= 15 is 0 Å². The number of carbonyl (C=O) groups excluding carboxylic acids is 2. The number of carbonyl (C=O) groups is 2. The summed E-state index contributed by atoms with van der Waals surface area (Å²) in [6, 6.07) is 6.54. The van der Waals surface area contributed by atoms with Gasteiger partial charge in [0.2, 0.25) is 5.91 Å². The number of urea groups is 1. The number of pyridine rings is 2. The fourth-order valence-electron chi connectivity index (χ4n) is 3.98. The van der Waals surface area contributed by atoms with Crippen LogP contribution >= 0.6 is 0 Å². The second kappa shape index (κ2) is 7.72. The quantitative estimate of drug-likeness (QED) is 0.649. The summed E-state index contributed by atoms with van der Waals surface area (Å²) in [4.78, 5) is 35.2. The number of aryl methyl sites for hydroxylation is 2. The lowest BCUT2D eigenvalue weighted by molar-refractivity contribution is -0.135. The van der Waals surface area contributed by atoms with Crippen LogP contribution in [0.2, 0.25) is 0 Å². The molecule has 3 amide bonds. The summed E-state index contributed by atoms with van der Waals surface area (Å²) in [5, 5.41) is 10.0. The molecule has 1 spiro atoms. The number of anilines is 1. The third-order valence-corrected chi connectivity index (χ3v) is 5.92. The molecular formula is C22H23N7O3. The zero-order valence-corrected chi connectivity index (χ0v) is 17.8. The summed E-state index contributed by atoms with van der Waals surface area (Å²) in [5.41, 5.74) is 1.84.